The summed E-state index contributed by atoms with van der Waals surface area (Å²) in [6.45, 7) is 1.97. The maximum Gasteiger partial charge on any atom is 0.187 e. The zero-order valence-corrected chi connectivity index (χ0v) is 10.8. The third kappa shape index (κ3) is 2.97. The number of nitrogens with zero attached hydrogens (tertiary/aromatic N) is 3. The lowest BCUT2D eigenvalue weighted by molar-refractivity contribution is 0.700. The summed E-state index contributed by atoms with van der Waals surface area (Å²) in [5, 5.41) is 9.86. The molecular formula is C9H11Cl2N3S. The Morgan fingerprint density at radius 1 is 1.67 bits per heavy atom. The van der Waals surface area contributed by atoms with Crippen LogP contribution in [0.2, 0.25) is 5.15 Å². The van der Waals surface area contributed by atoms with E-state index in [-0.39, 0.29) is 6.04 Å². The molecule has 0 aliphatic heterocycles. The second-order valence-electron chi connectivity index (χ2n) is 3.17. The van der Waals surface area contributed by atoms with E-state index in [2.05, 4.69) is 11.1 Å². The van der Waals surface area contributed by atoms with Crippen LogP contribution in [0.15, 0.2) is 0 Å². The van der Waals surface area contributed by atoms with Gasteiger partial charge in [0, 0.05) is 13.1 Å². The summed E-state index contributed by atoms with van der Waals surface area (Å²) in [7, 11) is 1.90. The van der Waals surface area contributed by atoms with Gasteiger partial charge in [0.2, 0.25) is 0 Å². The van der Waals surface area contributed by atoms with Crippen LogP contribution in [0.4, 0.5) is 5.13 Å². The van der Waals surface area contributed by atoms with Crippen molar-refractivity contribution in [2.45, 2.75) is 25.3 Å². The minimum absolute atomic E-state index is 0.125. The zero-order valence-electron chi connectivity index (χ0n) is 8.50. The fourth-order valence-corrected chi connectivity index (χ4v) is 2.55. The number of nitriles is 1. The number of anilines is 1. The van der Waals surface area contributed by atoms with Crippen molar-refractivity contribution in [3.63, 3.8) is 0 Å². The minimum Gasteiger partial charge on any atom is -0.347 e. The molecule has 0 aliphatic rings. The molecule has 15 heavy (non-hydrogen) atoms. The molecule has 1 heterocycles. The summed E-state index contributed by atoms with van der Waals surface area (Å²) in [6, 6.07) is 2.26. The summed E-state index contributed by atoms with van der Waals surface area (Å²) in [6.07, 6.45) is 0.462. The maximum absolute atomic E-state index is 8.60. The van der Waals surface area contributed by atoms with E-state index in [1.165, 1.54) is 11.3 Å². The number of thiazole rings is 1. The number of aromatic nitrogens is 1. The molecule has 0 saturated carbocycles. The highest BCUT2D eigenvalue weighted by Gasteiger charge is 2.15. The van der Waals surface area contributed by atoms with Gasteiger partial charge in [0.1, 0.15) is 5.15 Å². The van der Waals surface area contributed by atoms with Gasteiger partial charge in [-0.1, -0.05) is 22.9 Å². The molecule has 3 nitrogen and oxygen atoms in total. The Hall–Kier alpha value is -0.500. The van der Waals surface area contributed by atoms with Crippen LogP contribution < -0.4 is 4.90 Å². The van der Waals surface area contributed by atoms with E-state index >= 15 is 0 Å². The van der Waals surface area contributed by atoms with Crippen molar-refractivity contribution >= 4 is 39.7 Å². The molecule has 0 radical (unpaired) electrons. The van der Waals surface area contributed by atoms with Crippen LogP contribution >= 0.6 is 34.5 Å². The highest BCUT2D eigenvalue weighted by atomic mass is 35.5. The van der Waals surface area contributed by atoms with Crippen LogP contribution in [0.3, 0.4) is 0 Å². The third-order valence-corrected chi connectivity index (χ3v) is 4.11. The first-order chi connectivity index (χ1) is 7.10. The molecule has 0 aliphatic carbocycles. The highest BCUT2D eigenvalue weighted by Crippen LogP contribution is 2.31. The van der Waals surface area contributed by atoms with Crippen LogP contribution in [-0.2, 0) is 5.88 Å². The van der Waals surface area contributed by atoms with Gasteiger partial charge in [-0.25, -0.2) is 4.98 Å². The van der Waals surface area contributed by atoms with Gasteiger partial charge in [-0.05, 0) is 6.92 Å². The Bertz CT molecular complexity index is 372. The van der Waals surface area contributed by atoms with E-state index in [1.807, 2.05) is 18.9 Å². The Morgan fingerprint density at radius 3 is 2.80 bits per heavy atom. The van der Waals surface area contributed by atoms with Crippen molar-refractivity contribution in [1.82, 2.24) is 4.98 Å². The van der Waals surface area contributed by atoms with Crippen molar-refractivity contribution in [3.8, 4) is 6.07 Å². The first-order valence-electron chi connectivity index (χ1n) is 4.41. The van der Waals surface area contributed by atoms with Gasteiger partial charge in [0.05, 0.1) is 23.2 Å². The van der Waals surface area contributed by atoms with Crippen LogP contribution in [0.25, 0.3) is 0 Å². The molecule has 0 fully saturated rings. The average molecular weight is 264 g/mol. The predicted octanol–water partition coefficient (Wildman–Crippen LogP) is 3.27. The molecule has 0 saturated heterocycles. The number of hydrogen-bond acceptors (Lipinski definition) is 4. The second-order valence-corrected chi connectivity index (χ2v) is 4.85. The second kappa shape index (κ2) is 5.55. The molecule has 0 bridgehead atoms. The molecule has 1 rings (SSSR count). The topological polar surface area (TPSA) is 39.9 Å². The largest absolute Gasteiger partial charge is 0.347 e. The summed E-state index contributed by atoms with van der Waals surface area (Å²) < 4.78 is 0. The lowest BCUT2D eigenvalue weighted by Gasteiger charge is -2.21. The van der Waals surface area contributed by atoms with Crippen molar-refractivity contribution in [2.75, 3.05) is 11.9 Å². The lowest BCUT2D eigenvalue weighted by atomic mass is 10.2. The molecule has 1 aromatic rings. The monoisotopic (exact) mass is 263 g/mol. The quantitative estimate of drug-likeness (QED) is 0.783. The van der Waals surface area contributed by atoms with Gasteiger partial charge < -0.3 is 4.90 Å². The molecule has 0 aromatic carbocycles. The molecule has 0 N–H and O–H groups in total. The zero-order chi connectivity index (χ0) is 11.4. The van der Waals surface area contributed by atoms with E-state index in [0.29, 0.717) is 17.5 Å². The van der Waals surface area contributed by atoms with Crippen molar-refractivity contribution in [2.24, 2.45) is 0 Å². The van der Waals surface area contributed by atoms with Gasteiger partial charge in [0.15, 0.2) is 5.13 Å². The summed E-state index contributed by atoms with van der Waals surface area (Å²) in [5.41, 5.74) is 0. The summed E-state index contributed by atoms with van der Waals surface area (Å²) in [4.78, 5) is 7.01. The van der Waals surface area contributed by atoms with Crippen LogP contribution in [0, 0.1) is 11.3 Å². The number of rotatable bonds is 4. The molecule has 6 heteroatoms. The van der Waals surface area contributed by atoms with E-state index in [1.54, 1.807) is 0 Å². The Labute approximate surface area is 103 Å². The normalized spacial score (nSPS) is 12.2. The van der Waals surface area contributed by atoms with Crippen LogP contribution in [0.1, 0.15) is 18.2 Å². The molecule has 1 unspecified atom stereocenters. The Morgan fingerprint density at radius 2 is 2.33 bits per heavy atom. The number of alkyl halides is 1. The van der Waals surface area contributed by atoms with E-state index in [4.69, 9.17) is 28.5 Å². The predicted molar refractivity (Wildman–Crippen MR) is 64.8 cm³/mol. The van der Waals surface area contributed by atoms with Crippen LogP contribution in [-0.4, -0.2) is 18.1 Å². The van der Waals surface area contributed by atoms with Gasteiger partial charge in [-0.15, -0.1) is 11.6 Å². The molecular weight excluding hydrogens is 253 g/mol. The molecule has 1 aromatic heterocycles. The van der Waals surface area contributed by atoms with Gasteiger partial charge in [0.25, 0.3) is 0 Å². The molecule has 1 atom stereocenters. The number of halogens is 2. The lowest BCUT2D eigenvalue weighted by Crippen LogP contribution is -2.28. The first-order valence-corrected chi connectivity index (χ1v) is 6.14. The fourth-order valence-electron chi connectivity index (χ4n) is 1.01. The molecule has 0 spiro atoms. The highest BCUT2D eigenvalue weighted by molar-refractivity contribution is 7.16. The third-order valence-electron chi connectivity index (χ3n) is 2.11. The smallest absolute Gasteiger partial charge is 0.187 e. The average Bonchev–Trinajstić information content (AvgIpc) is 2.59. The van der Waals surface area contributed by atoms with E-state index in [9.17, 15) is 0 Å². The van der Waals surface area contributed by atoms with Crippen molar-refractivity contribution in [3.05, 3.63) is 10.0 Å². The molecule has 0 amide bonds. The number of hydrogen-bond donors (Lipinski definition) is 0. The van der Waals surface area contributed by atoms with Gasteiger partial charge in [-0.2, -0.15) is 5.26 Å². The van der Waals surface area contributed by atoms with E-state index in [0.717, 1.165) is 10.0 Å². The first kappa shape index (κ1) is 12.6. The van der Waals surface area contributed by atoms with Gasteiger partial charge >= 0.3 is 0 Å². The summed E-state index contributed by atoms with van der Waals surface area (Å²) >= 11 is 13.1. The summed E-state index contributed by atoms with van der Waals surface area (Å²) in [5.74, 6) is 0.372. The standard InChI is InChI=1S/C9H11Cl2N3S/c1-6(3-4-12)14(2)9-13-8(11)7(5-10)15-9/h6H,3,5H2,1-2H3. The Balaban J connectivity index is 2.82. The van der Waals surface area contributed by atoms with Crippen molar-refractivity contribution in [1.29, 1.82) is 5.26 Å². The maximum atomic E-state index is 8.60. The minimum atomic E-state index is 0.125. The van der Waals surface area contributed by atoms with Gasteiger partial charge in [-0.3, -0.25) is 0 Å². The fraction of sp³-hybridized carbons (Fsp3) is 0.556. The molecule has 82 valence electrons. The van der Waals surface area contributed by atoms with Crippen LogP contribution in [0.5, 0.6) is 0 Å². The van der Waals surface area contributed by atoms with E-state index < -0.39 is 0 Å². The SMILES string of the molecule is CC(CC#N)N(C)c1nc(Cl)c(CCl)s1. The Kier molecular flexibility index (Phi) is 4.65. The van der Waals surface area contributed by atoms with Crippen molar-refractivity contribution < 1.29 is 0 Å².